The minimum atomic E-state index is 0. The first-order valence-electron chi connectivity index (χ1n) is 11.0. The molecule has 2 saturated heterocycles. The van der Waals surface area contributed by atoms with E-state index in [9.17, 15) is 4.79 Å². The largest absolute Gasteiger partial charge is 0.378 e. The number of nitrogens with zero attached hydrogens (tertiary/aromatic N) is 5. The summed E-state index contributed by atoms with van der Waals surface area (Å²) in [5.74, 6) is 2.27. The molecular weight excluding hydrogens is 511 g/mol. The van der Waals surface area contributed by atoms with Crippen molar-refractivity contribution < 1.29 is 14.1 Å². The zero-order valence-corrected chi connectivity index (χ0v) is 21.6. The molecule has 1 aromatic rings. The quantitative estimate of drug-likeness (QED) is 0.327. The van der Waals surface area contributed by atoms with Gasteiger partial charge in [0.15, 0.2) is 5.96 Å². The third-order valence-electron chi connectivity index (χ3n) is 5.83. The summed E-state index contributed by atoms with van der Waals surface area (Å²) in [7, 11) is 0. The second-order valence-corrected chi connectivity index (χ2v) is 8.09. The number of halogens is 1. The number of carbonyl (C=O) groups is 1. The Morgan fingerprint density at radius 1 is 1.13 bits per heavy atom. The number of nitrogens with one attached hydrogen (secondary N) is 1. The van der Waals surface area contributed by atoms with Gasteiger partial charge in [-0.3, -0.25) is 14.7 Å². The van der Waals surface area contributed by atoms with Gasteiger partial charge in [-0.2, -0.15) is 0 Å². The first-order chi connectivity index (χ1) is 14.5. The maximum absolute atomic E-state index is 12.5. The van der Waals surface area contributed by atoms with Crippen LogP contribution in [0.25, 0.3) is 0 Å². The highest BCUT2D eigenvalue weighted by Gasteiger charge is 2.24. The molecule has 10 heteroatoms. The molecule has 1 N–H and O–H groups in total. The lowest BCUT2D eigenvalue weighted by molar-refractivity contribution is -0.136. The summed E-state index contributed by atoms with van der Waals surface area (Å²) in [5, 5.41) is 7.48. The van der Waals surface area contributed by atoms with Crippen molar-refractivity contribution in [2.45, 2.75) is 33.6 Å². The van der Waals surface area contributed by atoms with Crippen LogP contribution < -0.4 is 5.32 Å². The SMILES string of the molecule is CCNC(=NCC(C)c1c(C)noc1C)N1CCN(CC(=O)N2CCOCC2)CC1.I. The third kappa shape index (κ3) is 7.04. The van der Waals surface area contributed by atoms with E-state index in [4.69, 9.17) is 14.3 Å². The maximum Gasteiger partial charge on any atom is 0.236 e. The smallest absolute Gasteiger partial charge is 0.236 e. The van der Waals surface area contributed by atoms with E-state index >= 15 is 0 Å². The first kappa shape index (κ1) is 25.9. The van der Waals surface area contributed by atoms with Crippen LogP contribution >= 0.6 is 24.0 Å². The van der Waals surface area contributed by atoms with E-state index in [-0.39, 0.29) is 35.8 Å². The van der Waals surface area contributed by atoms with Gasteiger partial charge in [0.05, 0.1) is 25.5 Å². The molecular formula is C21H37IN6O3. The Balaban J connectivity index is 0.00000341. The highest BCUT2D eigenvalue weighted by Crippen LogP contribution is 2.23. The molecule has 2 fully saturated rings. The minimum Gasteiger partial charge on any atom is -0.378 e. The average Bonchev–Trinajstić information content (AvgIpc) is 3.10. The number of morpholine rings is 1. The van der Waals surface area contributed by atoms with Gasteiger partial charge in [-0.25, -0.2) is 0 Å². The highest BCUT2D eigenvalue weighted by atomic mass is 127. The molecule has 3 rings (SSSR count). The fourth-order valence-electron chi connectivity index (χ4n) is 4.16. The van der Waals surface area contributed by atoms with E-state index < -0.39 is 0 Å². The summed E-state index contributed by atoms with van der Waals surface area (Å²) >= 11 is 0. The topological polar surface area (TPSA) is 86.4 Å². The zero-order valence-electron chi connectivity index (χ0n) is 19.2. The zero-order chi connectivity index (χ0) is 21.5. The van der Waals surface area contributed by atoms with Crippen LogP contribution in [0.1, 0.15) is 36.8 Å². The predicted molar refractivity (Wildman–Crippen MR) is 131 cm³/mol. The molecule has 0 saturated carbocycles. The number of aromatic nitrogens is 1. The summed E-state index contributed by atoms with van der Waals surface area (Å²) in [6, 6.07) is 0. The van der Waals surface area contributed by atoms with Gasteiger partial charge in [-0.15, -0.1) is 24.0 Å². The maximum atomic E-state index is 12.5. The highest BCUT2D eigenvalue weighted by molar-refractivity contribution is 14.0. The molecule has 0 aliphatic carbocycles. The van der Waals surface area contributed by atoms with E-state index in [2.05, 4.69) is 34.1 Å². The van der Waals surface area contributed by atoms with Crippen molar-refractivity contribution in [3.63, 3.8) is 0 Å². The molecule has 176 valence electrons. The molecule has 0 spiro atoms. The fourth-order valence-corrected chi connectivity index (χ4v) is 4.16. The summed E-state index contributed by atoms with van der Waals surface area (Å²) in [6.07, 6.45) is 0. The first-order valence-corrected chi connectivity index (χ1v) is 11.0. The van der Waals surface area contributed by atoms with Gasteiger partial charge >= 0.3 is 0 Å². The van der Waals surface area contributed by atoms with Crippen LogP contribution in [-0.2, 0) is 9.53 Å². The van der Waals surface area contributed by atoms with E-state index in [0.29, 0.717) is 39.4 Å². The van der Waals surface area contributed by atoms with E-state index in [1.54, 1.807) is 0 Å². The van der Waals surface area contributed by atoms with Gasteiger partial charge < -0.3 is 24.4 Å². The van der Waals surface area contributed by atoms with Crippen LogP contribution in [0.3, 0.4) is 0 Å². The van der Waals surface area contributed by atoms with Crippen molar-refractivity contribution in [2.24, 2.45) is 4.99 Å². The fraction of sp³-hybridized carbons (Fsp3) is 0.762. The van der Waals surface area contributed by atoms with Gasteiger partial charge in [0.1, 0.15) is 5.76 Å². The Morgan fingerprint density at radius 2 is 1.81 bits per heavy atom. The number of hydrogen-bond donors (Lipinski definition) is 1. The van der Waals surface area contributed by atoms with Crippen LogP contribution in [0.5, 0.6) is 0 Å². The van der Waals surface area contributed by atoms with Crippen LogP contribution in [0, 0.1) is 13.8 Å². The number of amides is 1. The van der Waals surface area contributed by atoms with Crippen molar-refractivity contribution in [3.8, 4) is 0 Å². The van der Waals surface area contributed by atoms with Crippen LogP contribution in [0.4, 0.5) is 0 Å². The molecule has 1 aromatic heterocycles. The number of aryl methyl sites for hydroxylation is 2. The van der Waals surface area contributed by atoms with Crippen molar-refractivity contribution in [3.05, 3.63) is 17.0 Å². The minimum absolute atomic E-state index is 0. The van der Waals surface area contributed by atoms with Gasteiger partial charge in [0, 0.05) is 63.8 Å². The van der Waals surface area contributed by atoms with Crippen LogP contribution in [0.2, 0.25) is 0 Å². The van der Waals surface area contributed by atoms with E-state index in [0.717, 1.165) is 55.7 Å². The lowest BCUT2D eigenvalue weighted by Crippen LogP contribution is -2.55. The number of carbonyl (C=O) groups excluding carboxylic acids is 1. The average molecular weight is 548 g/mol. The van der Waals surface area contributed by atoms with Crippen molar-refractivity contribution in [2.75, 3.05) is 72.1 Å². The Labute approximate surface area is 202 Å². The van der Waals surface area contributed by atoms with E-state index in [1.807, 2.05) is 18.7 Å². The number of ether oxygens (including phenoxy) is 1. The Kier molecular flexibility index (Phi) is 10.5. The van der Waals surface area contributed by atoms with Crippen molar-refractivity contribution in [1.29, 1.82) is 0 Å². The number of aliphatic imine (C=N–C) groups is 1. The number of piperazine rings is 1. The molecule has 1 unspecified atom stereocenters. The summed E-state index contributed by atoms with van der Waals surface area (Å²) in [6.45, 7) is 16.3. The number of hydrogen-bond acceptors (Lipinski definition) is 6. The second kappa shape index (κ2) is 12.6. The molecule has 2 aliphatic heterocycles. The van der Waals surface area contributed by atoms with Crippen molar-refractivity contribution >= 4 is 35.8 Å². The van der Waals surface area contributed by atoms with Gasteiger partial charge in [-0.05, 0) is 20.8 Å². The molecule has 9 nitrogen and oxygen atoms in total. The second-order valence-electron chi connectivity index (χ2n) is 8.09. The normalized spacial score (nSPS) is 19.2. The Hall–Kier alpha value is -1.40. The summed E-state index contributed by atoms with van der Waals surface area (Å²) < 4.78 is 10.6. The van der Waals surface area contributed by atoms with Gasteiger partial charge in [0.2, 0.25) is 5.91 Å². The number of guanidine groups is 1. The predicted octanol–water partition coefficient (Wildman–Crippen LogP) is 1.45. The standard InChI is InChI=1S/C21H36N6O3.HI/c1-5-22-21(23-14-16(2)20-17(3)24-30-18(20)4)27-8-6-25(7-9-27)15-19(28)26-10-12-29-13-11-26;/h16H,5-15H2,1-4H3,(H,22,23);1H. The Bertz CT molecular complexity index is 707. The molecule has 31 heavy (non-hydrogen) atoms. The van der Waals surface area contributed by atoms with Crippen molar-refractivity contribution in [1.82, 2.24) is 25.2 Å². The third-order valence-corrected chi connectivity index (χ3v) is 5.83. The molecule has 3 heterocycles. The van der Waals surface area contributed by atoms with Crippen LogP contribution in [0.15, 0.2) is 9.52 Å². The Morgan fingerprint density at radius 3 is 2.39 bits per heavy atom. The molecule has 0 aromatic carbocycles. The molecule has 2 aliphatic rings. The molecule has 1 atom stereocenters. The lowest BCUT2D eigenvalue weighted by atomic mass is 10.00. The van der Waals surface area contributed by atoms with Gasteiger partial charge in [-0.1, -0.05) is 12.1 Å². The molecule has 0 bridgehead atoms. The molecule has 0 radical (unpaired) electrons. The lowest BCUT2D eigenvalue weighted by Gasteiger charge is -2.37. The monoisotopic (exact) mass is 548 g/mol. The molecule has 1 amide bonds. The van der Waals surface area contributed by atoms with Crippen LogP contribution in [-0.4, -0.2) is 104 Å². The van der Waals surface area contributed by atoms with Gasteiger partial charge in [0.25, 0.3) is 0 Å². The summed E-state index contributed by atoms with van der Waals surface area (Å²) in [5.41, 5.74) is 2.10. The number of rotatable bonds is 6. The summed E-state index contributed by atoms with van der Waals surface area (Å²) in [4.78, 5) is 23.8. The van der Waals surface area contributed by atoms with E-state index in [1.165, 1.54) is 0 Å².